The van der Waals surface area contributed by atoms with Crippen molar-refractivity contribution in [1.82, 2.24) is 4.90 Å². The number of benzene rings is 1. The zero-order valence-electron chi connectivity index (χ0n) is 11.7. The minimum atomic E-state index is 0.546. The Kier molecular flexibility index (Phi) is 6.69. The molecule has 0 aliphatic heterocycles. The van der Waals surface area contributed by atoms with Crippen molar-refractivity contribution in [2.24, 2.45) is 11.7 Å². The number of halogens is 1. The van der Waals surface area contributed by atoms with Crippen LogP contribution in [0.1, 0.15) is 38.3 Å². The third kappa shape index (κ3) is 4.60. The van der Waals surface area contributed by atoms with E-state index in [0.717, 1.165) is 36.1 Å². The average molecular weight is 269 g/mol. The topological polar surface area (TPSA) is 29.3 Å². The molecule has 0 radical (unpaired) electrons. The van der Waals surface area contributed by atoms with Crippen LogP contribution in [0.15, 0.2) is 18.2 Å². The van der Waals surface area contributed by atoms with Crippen LogP contribution in [-0.4, -0.2) is 18.0 Å². The number of nitrogens with zero attached hydrogens (tertiary/aromatic N) is 1. The maximum Gasteiger partial charge on any atom is 0.0454 e. The fourth-order valence-corrected chi connectivity index (χ4v) is 2.23. The van der Waals surface area contributed by atoms with Crippen molar-refractivity contribution in [2.45, 2.75) is 40.3 Å². The molecule has 0 aliphatic carbocycles. The third-order valence-corrected chi connectivity index (χ3v) is 3.81. The minimum absolute atomic E-state index is 0.546. The fourth-order valence-electron chi connectivity index (χ4n) is 1.96. The summed E-state index contributed by atoms with van der Waals surface area (Å²) in [5.41, 5.74) is 7.90. The van der Waals surface area contributed by atoms with E-state index in [9.17, 15) is 0 Å². The first-order valence-electron chi connectivity index (χ1n) is 6.80. The summed E-state index contributed by atoms with van der Waals surface area (Å²) in [6.45, 7) is 10.4. The Balaban J connectivity index is 2.69. The molecule has 1 aromatic carbocycles. The van der Waals surface area contributed by atoms with Crippen LogP contribution in [-0.2, 0) is 13.1 Å². The molecule has 18 heavy (non-hydrogen) atoms. The maximum absolute atomic E-state index is 6.30. The molecular weight excluding hydrogens is 244 g/mol. The summed E-state index contributed by atoms with van der Waals surface area (Å²) in [5.74, 6) is 0.729. The van der Waals surface area contributed by atoms with E-state index in [1.165, 1.54) is 12.0 Å². The highest BCUT2D eigenvalue weighted by Gasteiger charge is 2.10. The zero-order chi connectivity index (χ0) is 13.5. The van der Waals surface area contributed by atoms with Crippen molar-refractivity contribution in [2.75, 3.05) is 13.1 Å². The maximum atomic E-state index is 6.30. The van der Waals surface area contributed by atoms with Gasteiger partial charge < -0.3 is 5.73 Å². The van der Waals surface area contributed by atoms with Crippen LogP contribution in [0.5, 0.6) is 0 Å². The van der Waals surface area contributed by atoms with Crippen molar-refractivity contribution >= 4 is 11.6 Å². The lowest BCUT2D eigenvalue weighted by Crippen LogP contribution is -2.28. The molecule has 0 aliphatic rings. The number of hydrogen-bond donors (Lipinski definition) is 1. The van der Waals surface area contributed by atoms with Gasteiger partial charge in [0.05, 0.1) is 0 Å². The van der Waals surface area contributed by atoms with Gasteiger partial charge >= 0.3 is 0 Å². The average Bonchev–Trinajstić information content (AvgIpc) is 2.39. The van der Waals surface area contributed by atoms with Gasteiger partial charge in [-0.1, -0.05) is 50.9 Å². The predicted molar refractivity (Wildman–Crippen MR) is 79.7 cm³/mol. The standard InChI is InChI=1S/C15H25ClN2/c1-4-12(3)10-18(5-2)11-14-7-6-13(9-17)8-15(14)16/h6-8,12H,4-5,9-11,17H2,1-3H3. The Hall–Kier alpha value is -0.570. The lowest BCUT2D eigenvalue weighted by Gasteiger charge is -2.24. The van der Waals surface area contributed by atoms with Crippen LogP contribution in [0.3, 0.4) is 0 Å². The highest BCUT2D eigenvalue weighted by Crippen LogP contribution is 2.20. The molecule has 2 nitrogen and oxygen atoms in total. The monoisotopic (exact) mass is 268 g/mol. The Morgan fingerprint density at radius 2 is 2.06 bits per heavy atom. The van der Waals surface area contributed by atoms with Gasteiger partial charge in [0, 0.05) is 24.7 Å². The first-order valence-corrected chi connectivity index (χ1v) is 7.18. The van der Waals surface area contributed by atoms with Crippen LogP contribution < -0.4 is 5.73 Å². The summed E-state index contributed by atoms with van der Waals surface area (Å²) in [7, 11) is 0. The molecule has 0 amide bonds. The van der Waals surface area contributed by atoms with Crippen molar-refractivity contribution in [3.05, 3.63) is 34.3 Å². The van der Waals surface area contributed by atoms with Gasteiger partial charge in [0.1, 0.15) is 0 Å². The second-order valence-corrected chi connectivity index (χ2v) is 5.38. The SMILES string of the molecule is CCC(C)CN(CC)Cc1ccc(CN)cc1Cl. The van der Waals surface area contributed by atoms with E-state index in [1.54, 1.807) is 0 Å². The molecule has 1 unspecified atom stereocenters. The van der Waals surface area contributed by atoms with Gasteiger partial charge in [-0.25, -0.2) is 0 Å². The summed E-state index contributed by atoms with van der Waals surface area (Å²) in [4.78, 5) is 2.44. The van der Waals surface area contributed by atoms with Crippen molar-refractivity contribution in [3.63, 3.8) is 0 Å². The van der Waals surface area contributed by atoms with Gasteiger partial charge in [-0.05, 0) is 29.7 Å². The number of rotatable bonds is 7. The van der Waals surface area contributed by atoms with E-state index in [2.05, 4.69) is 37.8 Å². The summed E-state index contributed by atoms with van der Waals surface area (Å²) in [5, 5.41) is 0.834. The molecule has 0 fully saturated rings. The van der Waals surface area contributed by atoms with Gasteiger partial charge in [-0.2, -0.15) is 0 Å². The van der Waals surface area contributed by atoms with E-state index in [0.29, 0.717) is 6.54 Å². The smallest absolute Gasteiger partial charge is 0.0454 e. The van der Waals surface area contributed by atoms with Gasteiger partial charge in [0.15, 0.2) is 0 Å². The van der Waals surface area contributed by atoms with Crippen LogP contribution in [0.25, 0.3) is 0 Å². The Morgan fingerprint density at radius 3 is 2.56 bits per heavy atom. The molecular formula is C15H25ClN2. The van der Waals surface area contributed by atoms with Crippen LogP contribution in [0.4, 0.5) is 0 Å². The molecule has 0 heterocycles. The molecule has 0 saturated carbocycles. The first-order chi connectivity index (χ1) is 8.60. The van der Waals surface area contributed by atoms with E-state index in [1.807, 2.05) is 6.07 Å². The number of nitrogens with two attached hydrogens (primary N) is 1. The second-order valence-electron chi connectivity index (χ2n) is 4.97. The molecule has 1 atom stereocenters. The molecule has 1 aromatic rings. The summed E-state index contributed by atoms with van der Waals surface area (Å²) in [6, 6.07) is 6.15. The normalized spacial score (nSPS) is 13.0. The van der Waals surface area contributed by atoms with Gasteiger partial charge in [0.2, 0.25) is 0 Å². The first kappa shape index (κ1) is 15.5. The van der Waals surface area contributed by atoms with E-state index in [4.69, 9.17) is 17.3 Å². The van der Waals surface area contributed by atoms with Crippen LogP contribution >= 0.6 is 11.6 Å². The quantitative estimate of drug-likeness (QED) is 0.818. The van der Waals surface area contributed by atoms with Crippen LogP contribution in [0.2, 0.25) is 5.02 Å². The highest BCUT2D eigenvalue weighted by atomic mass is 35.5. The van der Waals surface area contributed by atoms with E-state index >= 15 is 0 Å². The zero-order valence-corrected chi connectivity index (χ0v) is 12.5. The molecule has 0 saturated heterocycles. The van der Waals surface area contributed by atoms with Crippen LogP contribution in [0, 0.1) is 5.92 Å². The number of hydrogen-bond acceptors (Lipinski definition) is 2. The molecule has 1 rings (SSSR count). The minimum Gasteiger partial charge on any atom is -0.326 e. The third-order valence-electron chi connectivity index (χ3n) is 3.46. The van der Waals surface area contributed by atoms with Crippen molar-refractivity contribution in [1.29, 1.82) is 0 Å². The van der Waals surface area contributed by atoms with Crippen molar-refractivity contribution in [3.8, 4) is 0 Å². The summed E-state index contributed by atoms with van der Waals surface area (Å²) in [6.07, 6.45) is 1.22. The summed E-state index contributed by atoms with van der Waals surface area (Å²) < 4.78 is 0. The Labute approximate surface area is 116 Å². The van der Waals surface area contributed by atoms with Gasteiger partial charge in [-0.15, -0.1) is 0 Å². The van der Waals surface area contributed by atoms with E-state index in [-0.39, 0.29) is 0 Å². The highest BCUT2D eigenvalue weighted by molar-refractivity contribution is 6.31. The van der Waals surface area contributed by atoms with Gasteiger partial charge in [-0.3, -0.25) is 4.90 Å². The summed E-state index contributed by atoms with van der Waals surface area (Å²) >= 11 is 6.30. The molecule has 0 spiro atoms. The lowest BCUT2D eigenvalue weighted by atomic mass is 10.1. The Morgan fingerprint density at radius 1 is 1.33 bits per heavy atom. The second kappa shape index (κ2) is 7.78. The lowest BCUT2D eigenvalue weighted by molar-refractivity contribution is 0.238. The van der Waals surface area contributed by atoms with Crippen molar-refractivity contribution < 1.29 is 0 Å². The Bertz CT molecular complexity index is 366. The molecule has 0 bridgehead atoms. The molecule has 0 aromatic heterocycles. The molecule has 3 heteroatoms. The fraction of sp³-hybridized carbons (Fsp3) is 0.600. The van der Waals surface area contributed by atoms with Gasteiger partial charge in [0.25, 0.3) is 0 Å². The molecule has 2 N–H and O–H groups in total. The predicted octanol–water partition coefficient (Wildman–Crippen LogP) is 3.67. The largest absolute Gasteiger partial charge is 0.326 e. The molecule has 102 valence electrons. The van der Waals surface area contributed by atoms with E-state index < -0.39 is 0 Å².